The van der Waals surface area contributed by atoms with E-state index in [-0.39, 0.29) is 11.8 Å². The van der Waals surface area contributed by atoms with Crippen LogP contribution in [0.1, 0.15) is 36.8 Å². The largest absolute Gasteiger partial charge is 0.495 e. The molecule has 2 bridgehead atoms. The number of nitrogens with zero attached hydrogens (tertiary/aromatic N) is 4. The van der Waals surface area contributed by atoms with Gasteiger partial charge in [0, 0.05) is 45.9 Å². The molecule has 10 heteroatoms. The smallest absolute Gasteiger partial charge is 0.222 e. The van der Waals surface area contributed by atoms with Gasteiger partial charge in [0.1, 0.15) is 23.5 Å². The second-order valence-corrected chi connectivity index (χ2v) is 8.33. The first-order chi connectivity index (χ1) is 16.5. The molecule has 1 aliphatic heterocycles. The first-order valence-corrected chi connectivity index (χ1v) is 11.5. The minimum Gasteiger partial charge on any atom is -0.495 e. The number of amides is 1. The Balaban J connectivity index is 1.77. The van der Waals surface area contributed by atoms with Gasteiger partial charge in [-0.15, -0.1) is 0 Å². The van der Waals surface area contributed by atoms with E-state index in [2.05, 4.69) is 30.6 Å². The zero-order chi connectivity index (χ0) is 24.1. The van der Waals surface area contributed by atoms with Gasteiger partial charge in [-0.3, -0.25) is 9.79 Å². The minimum absolute atomic E-state index is 0.0389. The average molecular weight is 466 g/mol. The van der Waals surface area contributed by atoms with Crippen molar-refractivity contribution in [2.24, 2.45) is 4.99 Å². The highest BCUT2D eigenvalue weighted by Gasteiger charge is 2.17. The van der Waals surface area contributed by atoms with E-state index in [9.17, 15) is 9.90 Å². The van der Waals surface area contributed by atoms with Gasteiger partial charge < -0.3 is 30.4 Å². The van der Waals surface area contributed by atoms with Gasteiger partial charge in [-0.1, -0.05) is 6.42 Å². The summed E-state index contributed by atoms with van der Waals surface area (Å²) in [6.45, 7) is 1.06. The first-order valence-electron chi connectivity index (χ1n) is 11.5. The molecule has 3 aromatic rings. The number of likely N-dealkylation sites (N-methyl/N-ethyl adjacent to an activating group) is 1. The predicted octanol–water partition coefficient (Wildman–Crippen LogP) is 3.45. The summed E-state index contributed by atoms with van der Waals surface area (Å²) in [7, 11) is 5.32. The molecule has 1 aromatic carbocycles. The lowest BCUT2D eigenvalue weighted by Gasteiger charge is -2.18. The number of H-pyrrole nitrogens is 1. The summed E-state index contributed by atoms with van der Waals surface area (Å²) in [4.78, 5) is 30.4. The van der Waals surface area contributed by atoms with Crippen LogP contribution < -0.4 is 15.4 Å². The number of hydrogen-bond acceptors (Lipinski definition) is 8. The van der Waals surface area contributed by atoms with E-state index in [0.29, 0.717) is 53.4 Å². The number of aromatic hydroxyl groups is 1. The van der Waals surface area contributed by atoms with E-state index in [1.165, 1.54) is 6.33 Å². The number of aliphatic imine (C=N–C) groups is 1. The number of carbonyl (C=O) groups is 1. The highest BCUT2D eigenvalue weighted by molar-refractivity contribution is 6.06. The number of hydrogen-bond donors (Lipinski definition) is 4. The number of rotatable bonds is 2. The van der Waals surface area contributed by atoms with Crippen molar-refractivity contribution in [3.8, 4) is 11.6 Å². The van der Waals surface area contributed by atoms with E-state index in [4.69, 9.17) is 4.74 Å². The number of ether oxygens (including phenoxy) is 1. The lowest BCUT2D eigenvalue weighted by Crippen LogP contribution is -2.31. The van der Waals surface area contributed by atoms with Crippen LogP contribution in [0, 0.1) is 0 Å². The fraction of sp³-hybridized carbons (Fsp3) is 0.417. The van der Waals surface area contributed by atoms with Crippen molar-refractivity contribution in [3.05, 3.63) is 29.6 Å². The van der Waals surface area contributed by atoms with Crippen LogP contribution in [0.5, 0.6) is 11.6 Å². The number of carbonyl (C=O) groups excluding carboxylic acids is 1. The third-order valence-electron chi connectivity index (χ3n) is 6.09. The van der Waals surface area contributed by atoms with E-state index in [1.807, 2.05) is 26.2 Å². The molecule has 3 heterocycles. The number of aryl methyl sites for hydroxylation is 1. The van der Waals surface area contributed by atoms with Crippen molar-refractivity contribution >= 4 is 40.3 Å². The second kappa shape index (κ2) is 10.4. The molecular weight excluding hydrogens is 434 g/mol. The van der Waals surface area contributed by atoms with Gasteiger partial charge in [0.25, 0.3) is 0 Å². The molecule has 0 saturated carbocycles. The molecule has 0 fully saturated rings. The molecule has 1 aliphatic rings. The number of nitrogens with one attached hydrogen (secondary N) is 3. The number of aromatic amines is 1. The zero-order valence-electron chi connectivity index (χ0n) is 19.8. The van der Waals surface area contributed by atoms with Gasteiger partial charge in [0.05, 0.1) is 29.4 Å². The first kappa shape index (κ1) is 23.3. The normalized spacial score (nSPS) is 15.5. The summed E-state index contributed by atoms with van der Waals surface area (Å²) < 4.78 is 5.61. The lowest BCUT2D eigenvalue weighted by molar-refractivity contribution is -0.129. The number of benzene rings is 1. The molecule has 180 valence electrons. The highest BCUT2D eigenvalue weighted by Crippen LogP contribution is 2.35. The van der Waals surface area contributed by atoms with Crippen LogP contribution in [-0.2, 0) is 11.2 Å². The minimum atomic E-state index is -0.0389. The maximum atomic E-state index is 12.5. The Morgan fingerprint density at radius 3 is 2.79 bits per heavy atom. The predicted molar refractivity (Wildman–Crippen MR) is 134 cm³/mol. The summed E-state index contributed by atoms with van der Waals surface area (Å²) in [5.41, 5.74) is 3.72. The summed E-state index contributed by atoms with van der Waals surface area (Å²) in [5.74, 6) is 1.35. The van der Waals surface area contributed by atoms with Gasteiger partial charge in [-0.05, 0) is 30.9 Å². The fourth-order valence-electron chi connectivity index (χ4n) is 4.23. The molecule has 0 unspecified atom stereocenters. The Labute approximate surface area is 198 Å². The van der Waals surface area contributed by atoms with E-state index in [0.717, 1.165) is 36.9 Å². The molecule has 0 saturated heterocycles. The van der Waals surface area contributed by atoms with Crippen LogP contribution >= 0.6 is 0 Å². The Morgan fingerprint density at radius 1 is 1.18 bits per heavy atom. The van der Waals surface area contributed by atoms with Crippen LogP contribution in [0.25, 0.3) is 11.0 Å². The Hall–Kier alpha value is -3.82. The molecule has 4 N–H and O–H groups in total. The third kappa shape index (κ3) is 4.90. The van der Waals surface area contributed by atoms with Crippen LogP contribution in [0.2, 0.25) is 0 Å². The van der Waals surface area contributed by atoms with Gasteiger partial charge in [-0.25, -0.2) is 9.97 Å². The third-order valence-corrected chi connectivity index (χ3v) is 6.09. The summed E-state index contributed by atoms with van der Waals surface area (Å²) >= 11 is 0. The maximum absolute atomic E-state index is 12.5. The van der Waals surface area contributed by atoms with Crippen molar-refractivity contribution in [2.45, 2.75) is 32.1 Å². The van der Waals surface area contributed by atoms with Gasteiger partial charge in [-0.2, -0.15) is 0 Å². The zero-order valence-corrected chi connectivity index (χ0v) is 19.8. The number of aromatic nitrogens is 3. The number of fused-ring (bicyclic) bond motifs is 2. The van der Waals surface area contributed by atoms with Crippen LogP contribution in [0.15, 0.2) is 23.5 Å². The topological polar surface area (TPSA) is 128 Å². The van der Waals surface area contributed by atoms with Crippen molar-refractivity contribution in [1.82, 2.24) is 19.9 Å². The van der Waals surface area contributed by atoms with Crippen molar-refractivity contribution in [3.63, 3.8) is 0 Å². The van der Waals surface area contributed by atoms with Crippen molar-refractivity contribution in [1.29, 1.82) is 0 Å². The molecule has 34 heavy (non-hydrogen) atoms. The number of anilines is 2. The Kier molecular flexibility index (Phi) is 7.15. The van der Waals surface area contributed by atoms with Gasteiger partial charge in [0.2, 0.25) is 5.91 Å². The standard InChI is InChI=1S/C24H31N7O3/c1-25-21-15-7-5-4-6-8-19(32)31(2)10-9-26-22-20-17(24(33)30-23(20)29-14-28-22)13-27-16(11-15)12-18(21)34-3/h11-14,25,33H,4-10H2,1-3H3,(H2,26,28,29,30). The quantitative estimate of drug-likeness (QED) is 0.456. The molecular formula is C24H31N7O3. The van der Waals surface area contributed by atoms with E-state index < -0.39 is 0 Å². The second-order valence-electron chi connectivity index (χ2n) is 8.33. The molecule has 0 aliphatic carbocycles. The van der Waals surface area contributed by atoms with Gasteiger partial charge >= 0.3 is 0 Å². The SMILES string of the molecule is CNc1c2cc(cc1OC)N=Cc1c(O)[nH]c3ncnc(c13)NCCN(C)C(=O)CCCCC2. The summed E-state index contributed by atoms with van der Waals surface area (Å²) in [5, 5.41) is 17.7. The fourth-order valence-corrected chi connectivity index (χ4v) is 4.23. The monoisotopic (exact) mass is 465 g/mol. The van der Waals surface area contributed by atoms with Crippen LogP contribution in [-0.4, -0.2) is 71.4 Å². The molecule has 2 aromatic heterocycles. The number of methoxy groups -OCH3 is 1. The van der Waals surface area contributed by atoms with E-state index in [1.54, 1.807) is 18.2 Å². The molecule has 10 nitrogen and oxygen atoms in total. The van der Waals surface area contributed by atoms with Crippen molar-refractivity contribution < 1.29 is 14.6 Å². The Morgan fingerprint density at radius 2 is 2.00 bits per heavy atom. The van der Waals surface area contributed by atoms with Gasteiger partial charge in [0.15, 0.2) is 5.88 Å². The summed E-state index contributed by atoms with van der Waals surface area (Å²) in [6.07, 6.45) is 7.15. The molecule has 0 atom stereocenters. The molecule has 0 spiro atoms. The van der Waals surface area contributed by atoms with Crippen molar-refractivity contribution in [2.75, 3.05) is 44.9 Å². The highest BCUT2D eigenvalue weighted by atomic mass is 16.5. The molecule has 4 rings (SSSR count). The maximum Gasteiger partial charge on any atom is 0.222 e. The lowest BCUT2D eigenvalue weighted by atomic mass is 10.0. The molecule has 0 radical (unpaired) electrons. The average Bonchev–Trinajstić information content (AvgIpc) is 3.16. The summed E-state index contributed by atoms with van der Waals surface area (Å²) in [6, 6.07) is 3.88. The molecule has 1 amide bonds. The van der Waals surface area contributed by atoms with Crippen LogP contribution in [0.3, 0.4) is 0 Å². The van der Waals surface area contributed by atoms with E-state index >= 15 is 0 Å². The Bertz CT molecular complexity index is 1200. The van der Waals surface area contributed by atoms with Crippen LogP contribution in [0.4, 0.5) is 17.2 Å².